The van der Waals surface area contributed by atoms with E-state index in [4.69, 9.17) is 5.11 Å². The quantitative estimate of drug-likeness (QED) is 0.339. The molecule has 0 saturated carbocycles. The number of phenolic OH excluding ortho intramolecular Hbond substituents is 1. The van der Waals surface area contributed by atoms with E-state index in [9.17, 15) is 14.7 Å². The van der Waals surface area contributed by atoms with Crippen LogP contribution < -0.4 is 5.32 Å². The minimum atomic E-state index is -0.979. The van der Waals surface area contributed by atoms with Crippen LogP contribution in [0.1, 0.15) is 37.4 Å². The number of benzene rings is 4. The van der Waals surface area contributed by atoms with Crippen molar-refractivity contribution in [3.63, 3.8) is 0 Å². The van der Waals surface area contributed by atoms with Gasteiger partial charge < -0.3 is 20.1 Å². The number of aromatic nitrogens is 2. The molecular weight excluding hydrogens is 442 g/mol. The summed E-state index contributed by atoms with van der Waals surface area (Å²) < 4.78 is 1.95. The van der Waals surface area contributed by atoms with Gasteiger partial charge in [-0.2, -0.15) is 0 Å². The summed E-state index contributed by atoms with van der Waals surface area (Å²) in [4.78, 5) is 28.3. The largest absolute Gasteiger partial charge is 0.508 e. The number of carboxylic acids is 1. The van der Waals surface area contributed by atoms with E-state index in [0.29, 0.717) is 24.1 Å². The fraction of sp³-hybridized carbons (Fsp3) is 0.107. The van der Waals surface area contributed by atoms with Crippen molar-refractivity contribution >= 4 is 33.7 Å². The number of carboxylic acid groups (broad SMARTS) is 1. The molecule has 5 aromatic rings. The van der Waals surface area contributed by atoms with Gasteiger partial charge in [-0.15, -0.1) is 0 Å². The van der Waals surface area contributed by atoms with Crippen LogP contribution in [-0.2, 0) is 20.0 Å². The van der Waals surface area contributed by atoms with E-state index in [-0.39, 0.29) is 17.2 Å². The van der Waals surface area contributed by atoms with Gasteiger partial charge in [0.1, 0.15) is 5.75 Å². The number of nitrogens with zero attached hydrogens (tertiary/aromatic N) is 2. The van der Waals surface area contributed by atoms with E-state index in [1.165, 1.54) is 0 Å². The Labute approximate surface area is 201 Å². The van der Waals surface area contributed by atoms with Crippen molar-refractivity contribution in [3.05, 3.63) is 107 Å². The molecule has 0 atom stereocenters. The Balaban J connectivity index is 1.33. The number of fused-ring (bicyclic) bond motifs is 2. The van der Waals surface area contributed by atoms with Crippen molar-refractivity contribution in [1.29, 1.82) is 0 Å². The number of hydrogen-bond acceptors (Lipinski definition) is 4. The van der Waals surface area contributed by atoms with Crippen LogP contribution in [0.3, 0.4) is 0 Å². The Morgan fingerprint density at radius 2 is 1.63 bits per heavy atom. The smallest absolute Gasteiger partial charge is 0.335 e. The molecular formula is C28H23N3O4. The number of carbonyl (C=O) groups excluding carboxylic acids is 1. The first-order chi connectivity index (χ1) is 16.9. The standard InChI is InChI=1S/C28H23N3O4/c1-31-16-30-24-11-18(4-9-25(24)31)15-29-27(33)21-8-7-20-14-26(32)23(13-22(20)12-21)10-17-2-5-19(6-3-17)28(34)35/h2-9,11-14,16,32H,10,15H2,1H3,(H,29,33)(H,34,35). The normalized spacial score (nSPS) is 11.1. The maximum atomic E-state index is 12.8. The van der Waals surface area contributed by atoms with Gasteiger partial charge in [0.05, 0.1) is 22.9 Å². The number of imidazole rings is 1. The predicted molar refractivity (Wildman–Crippen MR) is 134 cm³/mol. The van der Waals surface area contributed by atoms with Crippen LogP contribution in [0.5, 0.6) is 5.75 Å². The maximum Gasteiger partial charge on any atom is 0.335 e. The zero-order chi connectivity index (χ0) is 24.5. The van der Waals surface area contributed by atoms with Gasteiger partial charge >= 0.3 is 5.97 Å². The SMILES string of the molecule is Cn1cnc2cc(CNC(=O)c3ccc4cc(O)c(Cc5ccc(C(=O)O)cc5)cc4c3)ccc21. The van der Waals surface area contributed by atoms with Gasteiger partial charge in [0.2, 0.25) is 0 Å². The van der Waals surface area contributed by atoms with Crippen LogP contribution >= 0.6 is 0 Å². The molecule has 35 heavy (non-hydrogen) atoms. The average molecular weight is 466 g/mol. The van der Waals surface area contributed by atoms with Crippen molar-refractivity contribution in [2.24, 2.45) is 7.05 Å². The minimum absolute atomic E-state index is 0.155. The highest BCUT2D eigenvalue weighted by Gasteiger charge is 2.11. The molecule has 1 aromatic heterocycles. The Kier molecular flexibility index (Phi) is 5.66. The molecule has 3 N–H and O–H groups in total. The van der Waals surface area contributed by atoms with Crippen LogP contribution in [0.25, 0.3) is 21.8 Å². The maximum absolute atomic E-state index is 12.8. The first-order valence-electron chi connectivity index (χ1n) is 11.1. The van der Waals surface area contributed by atoms with E-state index < -0.39 is 5.97 Å². The van der Waals surface area contributed by atoms with Crippen molar-refractivity contribution in [1.82, 2.24) is 14.9 Å². The van der Waals surface area contributed by atoms with Gasteiger partial charge in [0.15, 0.2) is 0 Å². The van der Waals surface area contributed by atoms with Crippen molar-refractivity contribution in [3.8, 4) is 5.75 Å². The van der Waals surface area contributed by atoms with Crippen molar-refractivity contribution < 1.29 is 19.8 Å². The molecule has 0 aliphatic carbocycles. The molecule has 0 bridgehead atoms. The summed E-state index contributed by atoms with van der Waals surface area (Å²) in [6, 6.07) is 21.4. The molecule has 7 heteroatoms. The average Bonchev–Trinajstić information content (AvgIpc) is 3.23. The van der Waals surface area contributed by atoms with Crippen molar-refractivity contribution in [2.45, 2.75) is 13.0 Å². The highest BCUT2D eigenvalue weighted by Crippen LogP contribution is 2.28. The van der Waals surface area contributed by atoms with Crippen LogP contribution in [0.15, 0.2) is 79.1 Å². The third-order valence-corrected chi connectivity index (χ3v) is 6.14. The van der Waals surface area contributed by atoms with Crippen LogP contribution in [0, 0.1) is 0 Å². The number of carbonyl (C=O) groups is 2. The molecule has 0 spiro atoms. The molecule has 1 amide bonds. The molecule has 0 radical (unpaired) electrons. The molecule has 4 aromatic carbocycles. The fourth-order valence-electron chi connectivity index (χ4n) is 4.18. The molecule has 0 saturated heterocycles. The number of amides is 1. The minimum Gasteiger partial charge on any atom is -0.508 e. The molecule has 0 aliphatic heterocycles. The Morgan fingerprint density at radius 3 is 2.40 bits per heavy atom. The number of phenols is 1. The van der Waals surface area contributed by atoms with Gasteiger partial charge in [0.25, 0.3) is 5.91 Å². The molecule has 7 nitrogen and oxygen atoms in total. The summed E-state index contributed by atoms with van der Waals surface area (Å²) >= 11 is 0. The van der Waals surface area contributed by atoms with Crippen LogP contribution in [-0.4, -0.2) is 31.6 Å². The first-order valence-corrected chi connectivity index (χ1v) is 11.1. The number of aromatic hydroxyl groups is 1. The van der Waals surface area contributed by atoms with E-state index >= 15 is 0 Å². The fourth-order valence-corrected chi connectivity index (χ4v) is 4.18. The van der Waals surface area contributed by atoms with E-state index in [1.807, 2.05) is 48.0 Å². The monoisotopic (exact) mass is 465 g/mol. The number of aryl methyl sites for hydroxylation is 1. The Bertz CT molecular complexity index is 1590. The zero-order valence-electron chi connectivity index (χ0n) is 19.0. The lowest BCUT2D eigenvalue weighted by atomic mass is 9.98. The number of aromatic carboxylic acids is 1. The third-order valence-electron chi connectivity index (χ3n) is 6.14. The van der Waals surface area contributed by atoms with E-state index in [0.717, 1.165) is 32.9 Å². The molecule has 1 heterocycles. The zero-order valence-corrected chi connectivity index (χ0v) is 19.0. The van der Waals surface area contributed by atoms with Gasteiger partial charge in [0, 0.05) is 25.6 Å². The molecule has 0 aliphatic rings. The van der Waals surface area contributed by atoms with Gasteiger partial charge in [-0.25, -0.2) is 9.78 Å². The summed E-state index contributed by atoms with van der Waals surface area (Å²) in [5.74, 6) is -1.01. The van der Waals surface area contributed by atoms with Crippen LogP contribution in [0.4, 0.5) is 0 Å². The molecule has 0 fully saturated rings. The van der Waals surface area contributed by atoms with Gasteiger partial charge in [-0.3, -0.25) is 4.79 Å². The lowest BCUT2D eigenvalue weighted by Crippen LogP contribution is -2.22. The first kappa shape index (κ1) is 22.2. The predicted octanol–water partition coefficient (Wildman–Crippen LogP) is 4.65. The summed E-state index contributed by atoms with van der Waals surface area (Å²) in [6.07, 6.45) is 2.20. The summed E-state index contributed by atoms with van der Waals surface area (Å²) in [7, 11) is 1.94. The second-order valence-electron chi connectivity index (χ2n) is 8.58. The molecule has 0 unspecified atom stereocenters. The molecule has 174 valence electrons. The summed E-state index contributed by atoms with van der Waals surface area (Å²) in [6.45, 7) is 0.385. The number of hydrogen-bond donors (Lipinski definition) is 3. The Morgan fingerprint density at radius 1 is 0.886 bits per heavy atom. The third kappa shape index (κ3) is 4.56. The summed E-state index contributed by atoms with van der Waals surface area (Å²) in [5, 5.41) is 24.2. The van der Waals surface area contributed by atoms with Gasteiger partial charge in [-0.05, 0) is 76.0 Å². The van der Waals surface area contributed by atoms with Crippen LogP contribution in [0.2, 0.25) is 0 Å². The summed E-state index contributed by atoms with van der Waals surface area (Å²) in [5.41, 5.74) is 5.20. The second kappa shape index (κ2) is 8.95. The number of rotatable bonds is 6. The van der Waals surface area contributed by atoms with Crippen molar-refractivity contribution in [2.75, 3.05) is 0 Å². The topological polar surface area (TPSA) is 104 Å². The second-order valence-corrected chi connectivity index (χ2v) is 8.58. The highest BCUT2D eigenvalue weighted by molar-refractivity contribution is 5.99. The van der Waals surface area contributed by atoms with E-state index in [1.54, 1.807) is 42.7 Å². The lowest BCUT2D eigenvalue weighted by Gasteiger charge is -2.10. The number of nitrogens with one attached hydrogen (secondary N) is 1. The highest BCUT2D eigenvalue weighted by atomic mass is 16.4. The lowest BCUT2D eigenvalue weighted by molar-refractivity contribution is 0.0696. The van der Waals surface area contributed by atoms with E-state index in [2.05, 4.69) is 10.3 Å². The molecule has 5 rings (SSSR count). The van der Waals surface area contributed by atoms with Gasteiger partial charge in [-0.1, -0.05) is 24.3 Å². The Hall–Kier alpha value is -4.65.